The highest BCUT2D eigenvalue weighted by atomic mass is 16.7. The normalized spacial score (nSPS) is 22.0. The molecule has 2 aromatic carbocycles. The number of phenolic OH excluding ortho intramolecular Hbond substituents is 1. The summed E-state index contributed by atoms with van der Waals surface area (Å²) in [5.74, 6) is 2.69. The predicted octanol–water partition coefficient (Wildman–Crippen LogP) is 3.97. The highest BCUT2D eigenvalue weighted by molar-refractivity contribution is 6.15. The van der Waals surface area contributed by atoms with E-state index in [9.17, 15) is 9.90 Å². The Morgan fingerprint density at radius 1 is 1.21 bits per heavy atom. The van der Waals surface area contributed by atoms with Crippen molar-refractivity contribution in [2.45, 2.75) is 26.3 Å². The average molecular weight is 393 g/mol. The zero-order chi connectivity index (χ0) is 20.0. The maximum absolute atomic E-state index is 12.9. The molecule has 3 heterocycles. The van der Waals surface area contributed by atoms with Gasteiger partial charge in [0.25, 0.3) is 0 Å². The van der Waals surface area contributed by atoms with Crippen LogP contribution < -0.4 is 14.2 Å². The van der Waals surface area contributed by atoms with Gasteiger partial charge in [-0.15, -0.1) is 0 Å². The van der Waals surface area contributed by atoms with Crippen molar-refractivity contribution in [2.24, 2.45) is 5.92 Å². The Kier molecular flexibility index (Phi) is 4.43. The van der Waals surface area contributed by atoms with E-state index in [-0.39, 0.29) is 24.1 Å². The van der Waals surface area contributed by atoms with Crippen molar-refractivity contribution in [1.29, 1.82) is 0 Å². The molecule has 6 nitrogen and oxygen atoms in total. The number of benzene rings is 2. The predicted molar refractivity (Wildman–Crippen MR) is 107 cm³/mol. The van der Waals surface area contributed by atoms with Gasteiger partial charge in [0, 0.05) is 13.1 Å². The Morgan fingerprint density at radius 3 is 2.93 bits per heavy atom. The van der Waals surface area contributed by atoms with Gasteiger partial charge in [0.05, 0.1) is 11.1 Å². The van der Waals surface area contributed by atoms with Gasteiger partial charge in [-0.3, -0.25) is 9.69 Å². The Morgan fingerprint density at radius 2 is 2.07 bits per heavy atom. The number of aromatic hydroxyl groups is 1. The molecule has 0 aromatic heterocycles. The van der Waals surface area contributed by atoms with E-state index in [2.05, 4.69) is 11.8 Å². The lowest BCUT2D eigenvalue weighted by Gasteiger charge is -2.31. The van der Waals surface area contributed by atoms with Crippen LogP contribution in [0.15, 0.2) is 36.1 Å². The lowest BCUT2D eigenvalue weighted by Crippen LogP contribution is -2.33. The molecule has 29 heavy (non-hydrogen) atoms. The van der Waals surface area contributed by atoms with Crippen LogP contribution in [0.4, 0.5) is 0 Å². The summed E-state index contributed by atoms with van der Waals surface area (Å²) >= 11 is 0. The zero-order valence-electron chi connectivity index (χ0n) is 16.3. The van der Waals surface area contributed by atoms with Crippen LogP contribution in [0, 0.1) is 5.92 Å². The number of rotatable bonds is 3. The number of hydrogen-bond acceptors (Lipinski definition) is 6. The maximum Gasteiger partial charge on any atom is 0.231 e. The minimum atomic E-state index is -0.175. The summed E-state index contributed by atoms with van der Waals surface area (Å²) in [5.41, 5.74) is 1.97. The molecule has 6 heteroatoms. The summed E-state index contributed by atoms with van der Waals surface area (Å²) in [5, 5.41) is 10.5. The van der Waals surface area contributed by atoms with Crippen molar-refractivity contribution >= 4 is 11.9 Å². The number of allylic oxidation sites excluding steroid dienone is 1. The number of likely N-dealkylation sites (tertiary alicyclic amines) is 1. The SMILES string of the molecule is C[C@H]1CCCN(Cc2c(O)ccc3c2OC(=Cc2ccc4c(c2)OCO4)C3=O)C1. The Balaban J connectivity index is 1.44. The maximum atomic E-state index is 12.9. The lowest BCUT2D eigenvalue weighted by molar-refractivity contribution is 0.101. The second-order valence-electron chi connectivity index (χ2n) is 7.97. The van der Waals surface area contributed by atoms with Crippen LogP contribution in [0.5, 0.6) is 23.0 Å². The second-order valence-corrected chi connectivity index (χ2v) is 7.97. The summed E-state index contributed by atoms with van der Waals surface area (Å²) in [4.78, 5) is 15.2. The fourth-order valence-corrected chi connectivity index (χ4v) is 4.26. The number of Topliss-reactive ketones (excluding diaryl/α,β-unsaturated/α-hetero) is 1. The van der Waals surface area contributed by atoms with E-state index < -0.39 is 0 Å². The van der Waals surface area contributed by atoms with E-state index >= 15 is 0 Å². The van der Waals surface area contributed by atoms with Gasteiger partial charge >= 0.3 is 0 Å². The van der Waals surface area contributed by atoms with E-state index in [0.717, 1.165) is 25.1 Å². The summed E-state index contributed by atoms with van der Waals surface area (Å²) in [7, 11) is 0. The first-order valence-electron chi connectivity index (χ1n) is 9.99. The third kappa shape index (κ3) is 3.34. The van der Waals surface area contributed by atoms with Crippen LogP contribution in [0.25, 0.3) is 6.08 Å². The summed E-state index contributed by atoms with van der Waals surface area (Å²) in [6, 6.07) is 8.72. The quantitative estimate of drug-likeness (QED) is 0.796. The molecule has 0 spiro atoms. The van der Waals surface area contributed by atoms with E-state index in [1.165, 1.54) is 6.42 Å². The number of ketones is 1. The molecule has 0 amide bonds. The molecule has 0 radical (unpaired) electrons. The molecule has 0 aliphatic carbocycles. The molecule has 5 rings (SSSR count). The van der Waals surface area contributed by atoms with Gasteiger partial charge < -0.3 is 19.3 Å². The molecule has 0 saturated carbocycles. The van der Waals surface area contributed by atoms with Crippen LogP contribution in [0.2, 0.25) is 0 Å². The Labute approximate surface area is 169 Å². The molecule has 1 atom stereocenters. The molecule has 1 fully saturated rings. The minimum absolute atomic E-state index is 0.166. The van der Waals surface area contributed by atoms with E-state index in [1.54, 1.807) is 18.2 Å². The number of phenols is 1. The number of fused-ring (bicyclic) bond motifs is 2. The van der Waals surface area contributed by atoms with Crippen LogP contribution in [0.3, 0.4) is 0 Å². The number of piperidine rings is 1. The molecule has 150 valence electrons. The van der Waals surface area contributed by atoms with Crippen LogP contribution in [-0.2, 0) is 6.54 Å². The van der Waals surface area contributed by atoms with E-state index in [0.29, 0.717) is 40.8 Å². The highest BCUT2D eigenvalue weighted by Crippen LogP contribution is 2.41. The van der Waals surface area contributed by atoms with Crippen LogP contribution in [0.1, 0.15) is 41.3 Å². The monoisotopic (exact) mass is 393 g/mol. The Bertz CT molecular complexity index is 1010. The number of carbonyl (C=O) groups is 1. The molecule has 0 unspecified atom stereocenters. The van der Waals surface area contributed by atoms with Crippen molar-refractivity contribution in [2.75, 3.05) is 19.9 Å². The Hall–Kier alpha value is -2.99. The van der Waals surface area contributed by atoms with Crippen molar-refractivity contribution < 1.29 is 24.1 Å². The average Bonchev–Trinajstić information content (AvgIpc) is 3.29. The molecule has 3 aliphatic heterocycles. The third-order valence-corrected chi connectivity index (χ3v) is 5.73. The van der Waals surface area contributed by atoms with Gasteiger partial charge in [-0.25, -0.2) is 0 Å². The molecular weight excluding hydrogens is 370 g/mol. The lowest BCUT2D eigenvalue weighted by atomic mass is 9.99. The van der Waals surface area contributed by atoms with Crippen LogP contribution >= 0.6 is 0 Å². The van der Waals surface area contributed by atoms with Gasteiger partial charge in [-0.1, -0.05) is 13.0 Å². The number of ether oxygens (including phenoxy) is 3. The molecule has 1 N–H and O–H groups in total. The van der Waals surface area contributed by atoms with Crippen molar-refractivity contribution in [3.63, 3.8) is 0 Å². The largest absolute Gasteiger partial charge is 0.507 e. The third-order valence-electron chi connectivity index (χ3n) is 5.73. The molecule has 3 aliphatic rings. The molecular formula is C23H23NO5. The van der Waals surface area contributed by atoms with E-state index in [4.69, 9.17) is 14.2 Å². The number of carbonyl (C=O) groups excluding carboxylic acids is 1. The van der Waals surface area contributed by atoms with Gasteiger partial charge in [0.1, 0.15) is 11.5 Å². The highest BCUT2D eigenvalue weighted by Gasteiger charge is 2.32. The number of nitrogens with zero attached hydrogens (tertiary/aromatic N) is 1. The topological polar surface area (TPSA) is 68.2 Å². The van der Waals surface area contributed by atoms with Crippen molar-refractivity contribution in [1.82, 2.24) is 4.90 Å². The summed E-state index contributed by atoms with van der Waals surface area (Å²) < 4.78 is 16.7. The summed E-state index contributed by atoms with van der Waals surface area (Å²) in [6.45, 7) is 4.99. The first-order valence-corrected chi connectivity index (χ1v) is 9.99. The fraction of sp³-hybridized carbons (Fsp3) is 0.348. The van der Waals surface area contributed by atoms with Gasteiger partial charge in [0.2, 0.25) is 12.6 Å². The smallest absolute Gasteiger partial charge is 0.231 e. The van der Waals surface area contributed by atoms with Crippen LogP contribution in [-0.4, -0.2) is 35.7 Å². The first-order chi connectivity index (χ1) is 14.1. The van der Waals surface area contributed by atoms with Crippen molar-refractivity contribution in [3.05, 3.63) is 52.8 Å². The molecule has 1 saturated heterocycles. The minimum Gasteiger partial charge on any atom is -0.507 e. The first kappa shape index (κ1) is 18.1. The molecule has 2 aromatic rings. The molecule has 0 bridgehead atoms. The van der Waals surface area contributed by atoms with E-state index in [1.807, 2.05) is 18.2 Å². The van der Waals surface area contributed by atoms with Gasteiger partial charge in [0.15, 0.2) is 17.3 Å². The fourth-order valence-electron chi connectivity index (χ4n) is 4.26. The second kappa shape index (κ2) is 7.12. The zero-order valence-corrected chi connectivity index (χ0v) is 16.3. The van der Waals surface area contributed by atoms with Crippen molar-refractivity contribution in [3.8, 4) is 23.0 Å². The van der Waals surface area contributed by atoms with Gasteiger partial charge in [-0.05, 0) is 61.2 Å². The standard InChI is InChI=1S/C23H23NO5/c1-14-3-2-8-24(11-14)12-17-18(25)6-5-16-22(26)21(29-23(16)17)10-15-4-7-19-20(9-15)28-13-27-19/h4-7,9-10,14,25H,2-3,8,11-13H2,1H3/t14-/m0/s1. The summed E-state index contributed by atoms with van der Waals surface area (Å²) in [6.07, 6.45) is 4.08. The van der Waals surface area contributed by atoms with Gasteiger partial charge in [-0.2, -0.15) is 0 Å². The number of hydrogen-bond donors (Lipinski definition) is 1.